The minimum Gasteiger partial charge on any atom is -0.414 e. The maximum Gasteiger partial charge on any atom is 0.297 e. The Labute approximate surface area is 227 Å². The summed E-state index contributed by atoms with van der Waals surface area (Å²) in [6.45, 7) is 13.3. The zero-order chi connectivity index (χ0) is 25.9. The minimum atomic E-state index is -3.94. The highest BCUT2D eigenvalue weighted by atomic mass is 127. The van der Waals surface area contributed by atoms with Crippen LogP contribution >= 0.6 is 22.6 Å². The van der Waals surface area contributed by atoms with Gasteiger partial charge in [-0.2, -0.15) is 8.42 Å². The van der Waals surface area contributed by atoms with E-state index < -0.39 is 24.5 Å². The van der Waals surface area contributed by atoms with Crippen LogP contribution in [0.1, 0.15) is 76.5 Å². The van der Waals surface area contributed by atoms with Gasteiger partial charge in [-0.3, -0.25) is 4.18 Å². The van der Waals surface area contributed by atoms with Gasteiger partial charge in [-0.05, 0) is 90.2 Å². The zero-order valence-corrected chi connectivity index (χ0v) is 26.0. The van der Waals surface area contributed by atoms with Crippen LogP contribution in [-0.2, 0) is 18.7 Å². The maximum absolute atomic E-state index is 13.4. The van der Waals surface area contributed by atoms with Crippen LogP contribution in [0.25, 0.3) is 0 Å². The summed E-state index contributed by atoms with van der Waals surface area (Å²) in [7, 11) is -6.01. The van der Waals surface area contributed by atoms with E-state index in [-0.39, 0.29) is 16.0 Å². The summed E-state index contributed by atoms with van der Waals surface area (Å²) in [6, 6.07) is 14.8. The molecule has 35 heavy (non-hydrogen) atoms. The van der Waals surface area contributed by atoms with Crippen molar-refractivity contribution in [3.63, 3.8) is 0 Å². The van der Waals surface area contributed by atoms with Crippen LogP contribution in [0.15, 0.2) is 53.4 Å². The van der Waals surface area contributed by atoms with Crippen molar-refractivity contribution in [2.24, 2.45) is 5.92 Å². The highest BCUT2D eigenvalue weighted by molar-refractivity contribution is 14.1. The molecule has 0 unspecified atom stereocenters. The Kier molecular flexibility index (Phi) is 9.68. The molecule has 0 aliphatic heterocycles. The Morgan fingerprint density at radius 1 is 1.00 bits per heavy atom. The van der Waals surface area contributed by atoms with Gasteiger partial charge in [0.25, 0.3) is 10.1 Å². The molecule has 0 spiro atoms. The zero-order valence-electron chi connectivity index (χ0n) is 22.0. The number of hydrogen-bond acceptors (Lipinski definition) is 4. The summed E-state index contributed by atoms with van der Waals surface area (Å²) < 4.78 is 40.9. The van der Waals surface area contributed by atoms with Crippen LogP contribution in [0.2, 0.25) is 18.1 Å². The number of aryl methyl sites for hydroxylation is 1. The summed E-state index contributed by atoms with van der Waals surface area (Å²) in [6.07, 6.45) is 5.82. The molecular formula is C28H41IO4SSi. The number of benzene rings is 2. The van der Waals surface area contributed by atoms with Crippen molar-refractivity contribution >= 4 is 41.0 Å². The lowest BCUT2D eigenvalue weighted by Gasteiger charge is -2.43. The molecule has 0 heterocycles. The standard InChI is InChI=1S/C28H41IO4SSi/c1-21-16-18-23(19-17-21)34(30,31)32-27(24-14-10-11-15-25(24)29)20-26(22-12-8-7-9-13-22)33-35(5,6)28(2,3)4/h10-11,14-19,22,26-27H,7-9,12-13,20H2,1-6H3/t26-,27+/m0/s1. The van der Waals surface area contributed by atoms with E-state index in [0.717, 1.165) is 27.5 Å². The predicted octanol–water partition coefficient (Wildman–Crippen LogP) is 8.41. The van der Waals surface area contributed by atoms with Crippen molar-refractivity contribution in [3.8, 4) is 0 Å². The second-order valence-electron chi connectivity index (χ2n) is 11.4. The summed E-state index contributed by atoms with van der Waals surface area (Å²) in [5.74, 6) is 0.424. The first-order valence-corrected chi connectivity index (χ1v) is 18.1. The van der Waals surface area contributed by atoms with E-state index in [2.05, 4.69) is 56.5 Å². The van der Waals surface area contributed by atoms with Gasteiger partial charge in [0, 0.05) is 9.99 Å². The molecule has 1 aliphatic rings. The van der Waals surface area contributed by atoms with Gasteiger partial charge in [-0.1, -0.05) is 75.9 Å². The molecule has 4 nitrogen and oxygen atoms in total. The van der Waals surface area contributed by atoms with E-state index in [0.29, 0.717) is 12.3 Å². The van der Waals surface area contributed by atoms with Crippen LogP contribution in [0, 0.1) is 16.4 Å². The predicted molar refractivity (Wildman–Crippen MR) is 155 cm³/mol. The minimum absolute atomic E-state index is 0.0367. The van der Waals surface area contributed by atoms with Gasteiger partial charge in [0.05, 0.1) is 11.0 Å². The molecule has 194 valence electrons. The van der Waals surface area contributed by atoms with Gasteiger partial charge in [0.1, 0.15) is 6.10 Å². The van der Waals surface area contributed by atoms with Gasteiger partial charge < -0.3 is 4.43 Å². The molecule has 1 fully saturated rings. The summed E-state index contributed by atoms with van der Waals surface area (Å²) in [5.41, 5.74) is 1.92. The third-order valence-corrected chi connectivity index (χ3v) is 14.5. The molecule has 1 aliphatic carbocycles. The van der Waals surface area contributed by atoms with E-state index in [9.17, 15) is 8.42 Å². The largest absolute Gasteiger partial charge is 0.414 e. The second-order valence-corrected chi connectivity index (χ2v) is 18.9. The highest BCUT2D eigenvalue weighted by Gasteiger charge is 2.42. The molecule has 3 rings (SSSR count). The third-order valence-electron chi connectivity index (χ3n) is 7.68. The lowest BCUT2D eigenvalue weighted by atomic mass is 9.83. The van der Waals surface area contributed by atoms with Crippen LogP contribution in [0.5, 0.6) is 0 Å². The van der Waals surface area contributed by atoms with Crippen molar-refractivity contribution in [2.45, 2.75) is 101 Å². The molecule has 1 saturated carbocycles. The first-order chi connectivity index (χ1) is 16.3. The Balaban J connectivity index is 1.98. The molecular weight excluding hydrogens is 587 g/mol. The normalized spacial score (nSPS) is 17.8. The van der Waals surface area contributed by atoms with Gasteiger partial charge >= 0.3 is 0 Å². The van der Waals surface area contributed by atoms with Crippen molar-refractivity contribution in [2.75, 3.05) is 0 Å². The average Bonchev–Trinajstić information content (AvgIpc) is 2.78. The van der Waals surface area contributed by atoms with Crippen molar-refractivity contribution in [3.05, 3.63) is 63.2 Å². The number of halogens is 1. The molecule has 2 aromatic carbocycles. The van der Waals surface area contributed by atoms with Gasteiger partial charge in [0.15, 0.2) is 8.32 Å². The fourth-order valence-electron chi connectivity index (χ4n) is 4.48. The van der Waals surface area contributed by atoms with Crippen molar-refractivity contribution < 1.29 is 17.0 Å². The maximum atomic E-state index is 13.4. The number of rotatable bonds is 9. The lowest BCUT2D eigenvalue weighted by Crippen LogP contribution is -2.46. The highest BCUT2D eigenvalue weighted by Crippen LogP contribution is 2.43. The van der Waals surface area contributed by atoms with E-state index in [1.165, 1.54) is 19.3 Å². The van der Waals surface area contributed by atoms with Crippen molar-refractivity contribution in [1.29, 1.82) is 0 Å². The van der Waals surface area contributed by atoms with Crippen LogP contribution < -0.4 is 0 Å². The Hall–Kier alpha value is -0.743. The van der Waals surface area contributed by atoms with E-state index in [1.54, 1.807) is 12.1 Å². The Bertz CT molecular complexity index is 1070. The summed E-state index contributed by atoms with van der Waals surface area (Å²) >= 11 is 2.28. The van der Waals surface area contributed by atoms with Gasteiger partial charge in [-0.25, -0.2) is 0 Å². The Morgan fingerprint density at radius 2 is 1.60 bits per heavy atom. The molecule has 0 bridgehead atoms. The van der Waals surface area contributed by atoms with Gasteiger partial charge in [0.2, 0.25) is 0 Å². The first-order valence-electron chi connectivity index (χ1n) is 12.7. The van der Waals surface area contributed by atoms with Crippen molar-refractivity contribution in [1.82, 2.24) is 0 Å². The molecule has 0 aromatic heterocycles. The van der Waals surface area contributed by atoms with Crippen LogP contribution in [0.3, 0.4) is 0 Å². The molecule has 0 saturated heterocycles. The molecule has 7 heteroatoms. The van der Waals surface area contributed by atoms with Gasteiger partial charge in [-0.15, -0.1) is 0 Å². The quantitative estimate of drug-likeness (QED) is 0.159. The Morgan fingerprint density at radius 3 is 2.17 bits per heavy atom. The fraction of sp³-hybridized carbons (Fsp3) is 0.571. The number of hydrogen-bond donors (Lipinski definition) is 0. The fourth-order valence-corrected chi connectivity index (χ4v) is 7.68. The van der Waals surface area contributed by atoms with E-state index >= 15 is 0 Å². The first kappa shape index (κ1) is 28.8. The van der Waals surface area contributed by atoms with Crippen LogP contribution in [0.4, 0.5) is 0 Å². The monoisotopic (exact) mass is 628 g/mol. The topological polar surface area (TPSA) is 52.6 Å². The summed E-state index contributed by atoms with van der Waals surface area (Å²) in [4.78, 5) is 0.193. The molecule has 2 atom stereocenters. The smallest absolute Gasteiger partial charge is 0.297 e. The lowest BCUT2D eigenvalue weighted by molar-refractivity contribution is 0.0482. The molecule has 0 N–H and O–H groups in total. The molecule has 2 aromatic rings. The molecule has 0 radical (unpaired) electrons. The van der Waals surface area contributed by atoms with E-state index in [1.807, 2.05) is 43.3 Å². The third kappa shape index (κ3) is 7.63. The summed E-state index contributed by atoms with van der Waals surface area (Å²) in [5, 5.41) is 0.0748. The SMILES string of the molecule is Cc1ccc(S(=O)(=O)O[C@H](C[C@H](O[Si](C)(C)C(C)(C)C)C2CCCCC2)c2ccccc2I)cc1. The second kappa shape index (κ2) is 11.8. The average molecular weight is 629 g/mol. The van der Waals surface area contributed by atoms with Crippen LogP contribution in [-0.4, -0.2) is 22.8 Å². The van der Waals surface area contributed by atoms with E-state index in [4.69, 9.17) is 8.61 Å². The molecule has 0 amide bonds.